The quantitative estimate of drug-likeness (QED) is 0.256. The van der Waals surface area contributed by atoms with Crippen molar-refractivity contribution in [1.29, 1.82) is 0 Å². The van der Waals surface area contributed by atoms with Gasteiger partial charge in [-0.2, -0.15) is 0 Å². The number of carbonyl (C=O) groups excluding carboxylic acids is 2. The summed E-state index contributed by atoms with van der Waals surface area (Å²) < 4.78 is 12.0. The van der Waals surface area contributed by atoms with Crippen molar-refractivity contribution in [1.82, 2.24) is 14.9 Å². The SMILES string of the molecule is CSc1ncc2c(n1)N(C)CCN(c1cccc(OC(CCN(C)C(=O)OC(C)(C)C)c3ccccc3)c1)C2=O. The second-order valence-corrected chi connectivity index (χ2v) is 11.5. The van der Waals surface area contributed by atoms with Gasteiger partial charge in [-0.05, 0) is 44.7 Å². The molecule has 1 unspecified atom stereocenters. The molecule has 0 radical (unpaired) electrons. The molecule has 2 amide bonds. The molecule has 40 heavy (non-hydrogen) atoms. The number of hydrogen-bond donors (Lipinski definition) is 0. The first-order valence-corrected chi connectivity index (χ1v) is 14.5. The van der Waals surface area contributed by atoms with Crippen LogP contribution in [0.1, 0.15) is 49.2 Å². The van der Waals surface area contributed by atoms with Crippen LogP contribution in [-0.2, 0) is 4.74 Å². The molecule has 2 aromatic carbocycles. The standard InChI is InChI=1S/C30H37N5O4S/c1-30(2,3)39-29(37)34(5)16-15-25(21-11-8-7-9-12-21)38-23-14-10-13-22(19-23)35-18-17-33(4)26-24(27(35)36)20-31-28(32-26)40-6/h7-14,19-20,25H,15-18H2,1-6H3. The monoisotopic (exact) mass is 563 g/mol. The van der Waals surface area contributed by atoms with Gasteiger partial charge in [-0.3, -0.25) is 4.79 Å². The van der Waals surface area contributed by atoms with Crippen LogP contribution in [0.3, 0.4) is 0 Å². The second kappa shape index (κ2) is 12.6. The highest BCUT2D eigenvalue weighted by Crippen LogP contribution is 2.31. The minimum atomic E-state index is -0.565. The van der Waals surface area contributed by atoms with Crippen LogP contribution in [0.25, 0.3) is 0 Å². The molecular formula is C30H37N5O4S. The van der Waals surface area contributed by atoms with Gasteiger partial charge in [-0.15, -0.1) is 0 Å². The van der Waals surface area contributed by atoms with Gasteiger partial charge in [0.05, 0.1) is 0 Å². The van der Waals surface area contributed by atoms with Crippen molar-refractivity contribution < 1.29 is 19.1 Å². The number of hydrogen-bond acceptors (Lipinski definition) is 8. The number of amides is 2. The minimum absolute atomic E-state index is 0.150. The summed E-state index contributed by atoms with van der Waals surface area (Å²) in [4.78, 5) is 40.3. The fraction of sp³-hybridized carbons (Fsp3) is 0.400. The Morgan fingerprint density at radius 3 is 2.58 bits per heavy atom. The van der Waals surface area contributed by atoms with E-state index in [2.05, 4.69) is 9.97 Å². The highest BCUT2D eigenvalue weighted by molar-refractivity contribution is 7.98. The molecule has 1 aromatic heterocycles. The average Bonchev–Trinajstić information content (AvgIpc) is 3.06. The number of carbonyl (C=O) groups is 2. The minimum Gasteiger partial charge on any atom is -0.486 e. The number of anilines is 2. The van der Waals surface area contributed by atoms with Crippen LogP contribution in [-0.4, -0.2) is 72.5 Å². The van der Waals surface area contributed by atoms with E-state index in [9.17, 15) is 9.59 Å². The van der Waals surface area contributed by atoms with Crippen LogP contribution in [0.5, 0.6) is 5.75 Å². The predicted octanol–water partition coefficient (Wildman–Crippen LogP) is 5.67. The van der Waals surface area contributed by atoms with Crippen LogP contribution >= 0.6 is 11.8 Å². The number of likely N-dealkylation sites (N-methyl/N-ethyl adjacent to an activating group) is 1. The zero-order valence-electron chi connectivity index (χ0n) is 24.0. The normalized spacial score (nSPS) is 14.3. The molecule has 1 aliphatic rings. The van der Waals surface area contributed by atoms with Gasteiger partial charge in [0.2, 0.25) is 0 Å². The molecule has 0 fully saturated rings. The van der Waals surface area contributed by atoms with Gasteiger partial charge in [0.25, 0.3) is 5.91 Å². The van der Waals surface area contributed by atoms with Crippen molar-refractivity contribution >= 4 is 35.3 Å². The van der Waals surface area contributed by atoms with Crippen molar-refractivity contribution in [2.24, 2.45) is 0 Å². The fourth-order valence-electron chi connectivity index (χ4n) is 4.34. The average molecular weight is 564 g/mol. The van der Waals surface area contributed by atoms with Crippen molar-refractivity contribution in [3.05, 3.63) is 71.9 Å². The molecule has 3 aromatic rings. The van der Waals surface area contributed by atoms with Crippen LogP contribution in [0.2, 0.25) is 0 Å². The van der Waals surface area contributed by atoms with Gasteiger partial charge in [0.15, 0.2) is 5.16 Å². The van der Waals surface area contributed by atoms with Crippen LogP contribution in [0, 0.1) is 0 Å². The van der Waals surface area contributed by atoms with Gasteiger partial charge in [-0.1, -0.05) is 48.2 Å². The van der Waals surface area contributed by atoms with E-state index in [-0.39, 0.29) is 18.1 Å². The van der Waals surface area contributed by atoms with Gasteiger partial charge < -0.3 is 24.2 Å². The first-order chi connectivity index (χ1) is 19.1. The maximum absolute atomic E-state index is 13.6. The highest BCUT2D eigenvalue weighted by atomic mass is 32.2. The lowest BCUT2D eigenvalue weighted by atomic mass is 10.1. The van der Waals surface area contributed by atoms with E-state index >= 15 is 0 Å². The molecule has 0 aliphatic carbocycles. The van der Waals surface area contributed by atoms with E-state index < -0.39 is 5.60 Å². The second-order valence-electron chi connectivity index (χ2n) is 10.7. The van der Waals surface area contributed by atoms with Gasteiger partial charge in [-0.25, -0.2) is 14.8 Å². The Labute approximate surface area is 240 Å². The summed E-state index contributed by atoms with van der Waals surface area (Å²) in [6.45, 7) is 7.11. The van der Waals surface area contributed by atoms with Gasteiger partial charge in [0, 0.05) is 58.1 Å². The molecule has 4 rings (SSSR count). The van der Waals surface area contributed by atoms with Crippen molar-refractivity contribution in [2.45, 2.75) is 44.1 Å². The maximum Gasteiger partial charge on any atom is 0.410 e. The number of fused-ring (bicyclic) bond motifs is 1. The van der Waals surface area contributed by atoms with Crippen LogP contribution in [0.4, 0.5) is 16.3 Å². The predicted molar refractivity (Wildman–Crippen MR) is 158 cm³/mol. The third-order valence-electron chi connectivity index (χ3n) is 6.44. The van der Waals surface area contributed by atoms with E-state index in [0.717, 1.165) is 11.3 Å². The van der Waals surface area contributed by atoms with E-state index in [0.29, 0.717) is 48.3 Å². The van der Waals surface area contributed by atoms with E-state index in [1.807, 2.05) is 93.6 Å². The molecule has 0 saturated carbocycles. The van der Waals surface area contributed by atoms with Crippen molar-refractivity contribution in [3.63, 3.8) is 0 Å². The van der Waals surface area contributed by atoms with Gasteiger partial charge in [0.1, 0.15) is 28.8 Å². The summed E-state index contributed by atoms with van der Waals surface area (Å²) >= 11 is 1.44. The summed E-state index contributed by atoms with van der Waals surface area (Å²) in [5.41, 5.74) is 1.63. The van der Waals surface area contributed by atoms with E-state index in [1.54, 1.807) is 23.0 Å². The Balaban J connectivity index is 1.54. The third-order valence-corrected chi connectivity index (χ3v) is 7.00. The first-order valence-electron chi connectivity index (χ1n) is 13.3. The molecule has 1 aliphatic heterocycles. The Morgan fingerprint density at radius 1 is 1.12 bits per heavy atom. The fourth-order valence-corrected chi connectivity index (χ4v) is 4.67. The Morgan fingerprint density at radius 2 is 1.88 bits per heavy atom. The lowest BCUT2D eigenvalue weighted by molar-refractivity contribution is 0.0278. The molecule has 1 atom stereocenters. The van der Waals surface area contributed by atoms with Crippen molar-refractivity contribution in [2.75, 3.05) is 49.8 Å². The van der Waals surface area contributed by atoms with E-state index in [4.69, 9.17) is 9.47 Å². The smallest absolute Gasteiger partial charge is 0.410 e. The summed E-state index contributed by atoms with van der Waals surface area (Å²) in [5.74, 6) is 1.12. The van der Waals surface area contributed by atoms with Crippen molar-refractivity contribution in [3.8, 4) is 5.75 Å². The molecule has 9 nitrogen and oxygen atoms in total. The number of ether oxygens (including phenoxy) is 2. The lowest BCUT2D eigenvalue weighted by Gasteiger charge is -2.27. The molecule has 0 spiro atoms. The molecule has 10 heteroatoms. The molecule has 0 bridgehead atoms. The Kier molecular flexibility index (Phi) is 9.19. The number of aromatic nitrogens is 2. The first kappa shape index (κ1) is 29.2. The molecule has 0 saturated heterocycles. The number of thioether (sulfide) groups is 1. The third kappa shape index (κ3) is 7.24. The highest BCUT2D eigenvalue weighted by Gasteiger charge is 2.28. The zero-order valence-corrected chi connectivity index (χ0v) is 24.8. The van der Waals surface area contributed by atoms with Crippen LogP contribution in [0.15, 0.2) is 66.0 Å². The summed E-state index contributed by atoms with van der Waals surface area (Å²) in [7, 11) is 3.66. The largest absolute Gasteiger partial charge is 0.486 e. The molecule has 2 heterocycles. The van der Waals surface area contributed by atoms with Crippen LogP contribution < -0.4 is 14.5 Å². The van der Waals surface area contributed by atoms with Gasteiger partial charge >= 0.3 is 6.09 Å². The zero-order chi connectivity index (χ0) is 28.9. The summed E-state index contributed by atoms with van der Waals surface area (Å²) in [6, 6.07) is 17.5. The molecular weight excluding hydrogens is 526 g/mol. The summed E-state index contributed by atoms with van der Waals surface area (Å²) in [5, 5.41) is 0.631. The maximum atomic E-state index is 13.6. The lowest BCUT2D eigenvalue weighted by Crippen LogP contribution is -2.35. The Hall–Kier alpha value is -3.79. The topological polar surface area (TPSA) is 88.1 Å². The number of nitrogens with zero attached hydrogens (tertiary/aromatic N) is 5. The molecule has 0 N–H and O–H groups in total. The number of rotatable bonds is 8. The number of benzene rings is 2. The van der Waals surface area contributed by atoms with E-state index in [1.165, 1.54) is 11.8 Å². The molecule has 212 valence electrons. The summed E-state index contributed by atoms with van der Waals surface area (Å²) in [6.07, 6.45) is 3.39. The Bertz CT molecular complexity index is 1330.